The summed E-state index contributed by atoms with van der Waals surface area (Å²) in [7, 11) is 1.42. The zero-order valence-electron chi connectivity index (χ0n) is 13.3. The van der Waals surface area contributed by atoms with Gasteiger partial charge in [0.1, 0.15) is 0 Å². The zero-order chi connectivity index (χ0) is 15.2. The first-order valence-corrected chi connectivity index (χ1v) is 7.85. The molecule has 3 unspecified atom stereocenters. The molecule has 1 fully saturated rings. The van der Waals surface area contributed by atoms with E-state index in [1.54, 1.807) is 0 Å². The molecule has 0 N–H and O–H groups in total. The number of carbonyl (C=O) groups excluding carboxylic acids is 1. The number of benzene rings is 1. The van der Waals surface area contributed by atoms with Gasteiger partial charge in [-0.05, 0) is 42.2 Å². The molecular weight excluding hydrogens is 264 g/mol. The first kappa shape index (κ1) is 16.0. The topological polar surface area (TPSA) is 35.5 Å². The quantitative estimate of drug-likeness (QED) is 0.775. The summed E-state index contributed by atoms with van der Waals surface area (Å²) in [6.45, 7) is 5.22. The van der Waals surface area contributed by atoms with Crippen LogP contribution in [0, 0.1) is 11.8 Å². The smallest absolute Gasteiger partial charge is 0.309 e. The third-order valence-corrected chi connectivity index (χ3v) is 4.71. The van der Waals surface area contributed by atoms with E-state index in [0.717, 1.165) is 35.8 Å². The molecule has 21 heavy (non-hydrogen) atoms. The summed E-state index contributed by atoms with van der Waals surface area (Å²) in [5.41, 5.74) is 2.09. The average Bonchev–Trinajstić information content (AvgIpc) is 2.49. The lowest BCUT2D eigenvalue weighted by Gasteiger charge is -2.32. The fraction of sp³-hybridized carbons (Fsp3) is 0.611. The van der Waals surface area contributed by atoms with Crippen LogP contribution in [0.5, 0.6) is 0 Å². The minimum Gasteiger partial charge on any atom is -0.469 e. The van der Waals surface area contributed by atoms with Gasteiger partial charge in [-0.3, -0.25) is 4.79 Å². The first-order valence-electron chi connectivity index (χ1n) is 7.85. The van der Waals surface area contributed by atoms with Gasteiger partial charge in [-0.1, -0.05) is 38.1 Å². The van der Waals surface area contributed by atoms with Gasteiger partial charge in [0.05, 0.1) is 26.2 Å². The number of carbonyl (C=O) groups is 1. The number of methoxy groups -OCH3 is 1. The van der Waals surface area contributed by atoms with E-state index in [1.807, 2.05) is 24.3 Å². The Morgan fingerprint density at radius 1 is 1.14 bits per heavy atom. The van der Waals surface area contributed by atoms with Crippen molar-refractivity contribution >= 4 is 5.97 Å². The summed E-state index contributed by atoms with van der Waals surface area (Å²) in [5, 5.41) is 0. The second-order valence-electron chi connectivity index (χ2n) is 6.22. The summed E-state index contributed by atoms with van der Waals surface area (Å²) in [6, 6.07) is 7.95. The third-order valence-electron chi connectivity index (χ3n) is 4.71. The van der Waals surface area contributed by atoms with Gasteiger partial charge < -0.3 is 9.47 Å². The van der Waals surface area contributed by atoms with Crippen molar-refractivity contribution in [1.29, 1.82) is 0 Å². The van der Waals surface area contributed by atoms with Gasteiger partial charge in [0.2, 0.25) is 0 Å². The standard InChI is InChI=1S/C18H26O3/c1-13-8-9-17(10-14(13)2)21-12-16-7-5-4-6-15(16)11-18(19)20-3/h4-7,13-14,17H,8-12H2,1-3H3. The van der Waals surface area contributed by atoms with Crippen molar-refractivity contribution in [2.75, 3.05) is 7.11 Å². The Morgan fingerprint density at radius 2 is 1.86 bits per heavy atom. The molecule has 1 saturated carbocycles. The summed E-state index contributed by atoms with van der Waals surface area (Å²) in [6.07, 6.45) is 4.19. The Hall–Kier alpha value is -1.35. The molecule has 0 aliphatic heterocycles. The Balaban J connectivity index is 1.92. The highest BCUT2D eigenvalue weighted by Gasteiger charge is 2.25. The molecular formula is C18H26O3. The third kappa shape index (κ3) is 4.57. The average molecular weight is 290 g/mol. The maximum absolute atomic E-state index is 11.5. The molecule has 0 aromatic heterocycles. The van der Waals surface area contributed by atoms with Crippen LogP contribution in [-0.2, 0) is 27.3 Å². The summed E-state index contributed by atoms with van der Waals surface area (Å²) >= 11 is 0. The number of ether oxygens (including phenoxy) is 2. The van der Waals surface area contributed by atoms with Crippen LogP contribution >= 0.6 is 0 Å². The van der Waals surface area contributed by atoms with Crippen molar-refractivity contribution in [2.45, 2.75) is 52.2 Å². The monoisotopic (exact) mass is 290 g/mol. The van der Waals surface area contributed by atoms with Gasteiger partial charge in [0, 0.05) is 0 Å². The molecule has 1 aromatic rings. The lowest BCUT2D eigenvalue weighted by atomic mass is 9.80. The van der Waals surface area contributed by atoms with Crippen LogP contribution in [0.25, 0.3) is 0 Å². The van der Waals surface area contributed by atoms with Crippen LogP contribution < -0.4 is 0 Å². The van der Waals surface area contributed by atoms with Crippen LogP contribution in [0.1, 0.15) is 44.2 Å². The highest BCUT2D eigenvalue weighted by Crippen LogP contribution is 2.31. The number of esters is 1. The molecule has 0 saturated heterocycles. The number of hydrogen-bond donors (Lipinski definition) is 0. The Labute approximate surface area is 127 Å². The molecule has 0 heterocycles. The number of hydrogen-bond acceptors (Lipinski definition) is 3. The predicted octanol–water partition coefficient (Wildman–Crippen LogP) is 3.74. The van der Waals surface area contributed by atoms with E-state index in [2.05, 4.69) is 13.8 Å². The molecule has 0 amide bonds. The van der Waals surface area contributed by atoms with E-state index in [9.17, 15) is 4.79 Å². The van der Waals surface area contributed by atoms with Crippen LogP contribution in [0.4, 0.5) is 0 Å². The molecule has 3 nitrogen and oxygen atoms in total. The summed E-state index contributed by atoms with van der Waals surface area (Å²) in [4.78, 5) is 11.5. The first-order chi connectivity index (χ1) is 10.1. The molecule has 3 heteroatoms. The van der Waals surface area contributed by atoms with Crippen molar-refractivity contribution in [3.63, 3.8) is 0 Å². The van der Waals surface area contributed by atoms with Crippen LogP contribution in [0.3, 0.4) is 0 Å². The Kier molecular flexibility index (Phi) is 5.80. The lowest BCUT2D eigenvalue weighted by molar-refractivity contribution is -0.139. The normalized spacial score (nSPS) is 25.6. The van der Waals surface area contributed by atoms with E-state index in [4.69, 9.17) is 9.47 Å². The van der Waals surface area contributed by atoms with E-state index in [-0.39, 0.29) is 5.97 Å². The fourth-order valence-corrected chi connectivity index (χ4v) is 2.96. The maximum atomic E-state index is 11.5. The molecule has 3 atom stereocenters. The minimum atomic E-state index is -0.206. The van der Waals surface area contributed by atoms with E-state index >= 15 is 0 Å². The molecule has 0 radical (unpaired) electrons. The van der Waals surface area contributed by atoms with Crippen molar-refractivity contribution in [2.24, 2.45) is 11.8 Å². The minimum absolute atomic E-state index is 0.206. The SMILES string of the molecule is COC(=O)Cc1ccccc1COC1CCC(C)C(C)C1. The molecule has 1 aliphatic rings. The van der Waals surface area contributed by atoms with Gasteiger partial charge >= 0.3 is 5.97 Å². The van der Waals surface area contributed by atoms with Gasteiger partial charge in [-0.15, -0.1) is 0 Å². The Morgan fingerprint density at radius 3 is 2.52 bits per heavy atom. The van der Waals surface area contributed by atoms with Crippen LogP contribution in [0.15, 0.2) is 24.3 Å². The molecule has 0 spiro atoms. The second kappa shape index (κ2) is 7.60. The van der Waals surface area contributed by atoms with Crippen molar-refractivity contribution in [1.82, 2.24) is 0 Å². The lowest BCUT2D eigenvalue weighted by Crippen LogP contribution is -2.26. The number of rotatable bonds is 5. The molecule has 1 aliphatic carbocycles. The molecule has 1 aromatic carbocycles. The second-order valence-corrected chi connectivity index (χ2v) is 6.22. The van der Waals surface area contributed by atoms with Crippen molar-refractivity contribution in [3.8, 4) is 0 Å². The van der Waals surface area contributed by atoms with Gasteiger partial charge in [0.15, 0.2) is 0 Å². The fourth-order valence-electron chi connectivity index (χ4n) is 2.96. The largest absolute Gasteiger partial charge is 0.469 e. The van der Waals surface area contributed by atoms with Gasteiger partial charge in [0.25, 0.3) is 0 Å². The molecule has 0 bridgehead atoms. The van der Waals surface area contributed by atoms with Crippen LogP contribution in [-0.4, -0.2) is 19.2 Å². The highest BCUT2D eigenvalue weighted by atomic mass is 16.5. The van der Waals surface area contributed by atoms with E-state index in [1.165, 1.54) is 13.5 Å². The van der Waals surface area contributed by atoms with Gasteiger partial charge in [-0.25, -0.2) is 0 Å². The Bertz CT molecular complexity index is 469. The van der Waals surface area contributed by atoms with Crippen LogP contribution in [0.2, 0.25) is 0 Å². The summed E-state index contributed by atoms with van der Waals surface area (Å²) in [5.74, 6) is 1.33. The molecule has 2 rings (SSSR count). The van der Waals surface area contributed by atoms with E-state index < -0.39 is 0 Å². The molecule has 116 valence electrons. The summed E-state index contributed by atoms with van der Waals surface area (Å²) < 4.78 is 10.8. The van der Waals surface area contributed by atoms with Gasteiger partial charge in [-0.2, -0.15) is 0 Å². The van der Waals surface area contributed by atoms with Crippen molar-refractivity contribution in [3.05, 3.63) is 35.4 Å². The predicted molar refractivity (Wildman–Crippen MR) is 82.9 cm³/mol. The zero-order valence-corrected chi connectivity index (χ0v) is 13.3. The highest BCUT2D eigenvalue weighted by molar-refractivity contribution is 5.72. The van der Waals surface area contributed by atoms with E-state index in [0.29, 0.717) is 19.1 Å². The van der Waals surface area contributed by atoms with Crippen molar-refractivity contribution < 1.29 is 14.3 Å². The maximum Gasteiger partial charge on any atom is 0.309 e.